The zero-order valence-corrected chi connectivity index (χ0v) is 15.0. The molecule has 0 spiro atoms. The lowest BCUT2D eigenvalue weighted by Gasteiger charge is -2.19. The fourth-order valence-corrected chi connectivity index (χ4v) is 3.65. The summed E-state index contributed by atoms with van der Waals surface area (Å²) < 4.78 is 1.84. The minimum absolute atomic E-state index is 0.538. The monoisotopic (exact) mass is 374 g/mol. The summed E-state index contributed by atoms with van der Waals surface area (Å²) in [7, 11) is 0. The van der Waals surface area contributed by atoms with E-state index in [0.29, 0.717) is 15.9 Å². The number of thioether (sulfide) groups is 1. The van der Waals surface area contributed by atoms with E-state index >= 15 is 0 Å². The lowest BCUT2D eigenvalue weighted by atomic mass is 10.1. The number of hydrogen-bond acceptors (Lipinski definition) is 4. The van der Waals surface area contributed by atoms with Crippen molar-refractivity contribution in [1.29, 1.82) is 0 Å². The number of hydrogen-bond donors (Lipinski definition) is 1. The number of nitrogens with one attached hydrogen (secondary N) is 1. The fraction of sp³-hybridized carbons (Fsp3) is 0.0588. The minimum Gasteiger partial charge on any atom is -0.289 e. The number of benzene rings is 2. The number of aromatic nitrogens is 3. The fourth-order valence-electron chi connectivity index (χ4n) is 2.42. The van der Waals surface area contributed by atoms with E-state index in [1.54, 1.807) is 12.1 Å². The van der Waals surface area contributed by atoms with Gasteiger partial charge in [0.25, 0.3) is 0 Å². The van der Waals surface area contributed by atoms with Gasteiger partial charge in [0.2, 0.25) is 5.16 Å². The maximum Gasteiger partial charge on any atom is 0.214 e. The predicted molar refractivity (Wildman–Crippen MR) is 99.9 cm³/mol. The lowest BCUT2D eigenvalue weighted by molar-refractivity contribution is 0.826. The van der Waals surface area contributed by atoms with Crippen LogP contribution in [0.5, 0.6) is 0 Å². The standard InChI is InChI=1S/C17H12Cl2N4S/c1-10-2-4-11(5-3-10)15-9-24-17-21-20-16(23(17)22-15)13-7-6-12(18)8-14(13)19/h2-9,22H,1H3. The summed E-state index contributed by atoms with van der Waals surface area (Å²) in [4.78, 5) is 0. The lowest BCUT2D eigenvalue weighted by Crippen LogP contribution is -2.18. The minimum atomic E-state index is 0.538. The van der Waals surface area contributed by atoms with Crippen LogP contribution in [0.3, 0.4) is 0 Å². The largest absolute Gasteiger partial charge is 0.289 e. The molecule has 120 valence electrons. The van der Waals surface area contributed by atoms with Crippen LogP contribution in [-0.2, 0) is 0 Å². The Balaban J connectivity index is 1.72. The summed E-state index contributed by atoms with van der Waals surface area (Å²) in [5, 5.41) is 12.4. The summed E-state index contributed by atoms with van der Waals surface area (Å²) in [6, 6.07) is 13.7. The van der Waals surface area contributed by atoms with Gasteiger partial charge in [0.1, 0.15) is 0 Å². The molecule has 0 radical (unpaired) electrons. The number of halogens is 2. The molecule has 0 aliphatic carbocycles. The molecule has 0 amide bonds. The number of fused-ring (bicyclic) bond motifs is 1. The molecule has 24 heavy (non-hydrogen) atoms. The highest BCUT2D eigenvalue weighted by atomic mass is 35.5. The highest BCUT2D eigenvalue weighted by Gasteiger charge is 2.21. The second-order valence-electron chi connectivity index (χ2n) is 5.39. The van der Waals surface area contributed by atoms with E-state index < -0.39 is 0 Å². The van der Waals surface area contributed by atoms with Crippen LogP contribution in [0, 0.1) is 6.92 Å². The van der Waals surface area contributed by atoms with Gasteiger partial charge >= 0.3 is 0 Å². The van der Waals surface area contributed by atoms with Gasteiger partial charge in [-0.25, -0.2) is 4.68 Å². The van der Waals surface area contributed by atoms with Gasteiger partial charge in [-0.2, -0.15) is 0 Å². The maximum atomic E-state index is 6.32. The predicted octanol–water partition coefficient (Wildman–Crippen LogP) is 5.21. The molecule has 1 aliphatic rings. The smallest absolute Gasteiger partial charge is 0.214 e. The van der Waals surface area contributed by atoms with Crippen LogP contribution in [0.25, 0.3) is 17.1 Å². The second-order valence-corrected chi connectivity index (χ2v) is 7.07. The maximum absolute atomic E-state index is 6.32. The summed E-state index contributed by atoms with van der Waals surface area (Å²) >= 11 is 13.8. The molecule has 4 nitrogen and oxygen atoms in total. The third-order valence-corrected chi connectivity index (χ3v) is 5.06. The van der Waals surface area contributed by atoms with Crippen molar-refractivity contribution < 1.29 is 0 Å². The Kier molecular flexibility index (Phi) is 4.00. The molecule has 1 N–H and O–H groups in total. The molecule has 0 unspecified atom stereocenters. The van der Waals surface area contributed by atoms with E-state index in [1.807, 2.05) is 16.2 Å². The van der Waals surface area contributed by atoms with Gasteiger partial charge in [-0.1, -0.05) is 64.8 Å². The first-order valence-corrected chi connectivity index (χ1v) is 8.87. The zero-order chi connectivity index (χ0) is 16.7. The van der Waals surface area contributed by atoms with Crippen molar-refractivity contribution >= 4 is 40.7 Å². The van der Waals surface area contributed by atoms with Crippen molar-refractivity contribution in [1.82, 2.24) is 14.9 Å². The molecular formula is C17H12Cl2N4S. The van der Waals surface area contributed by atoms with Crippen molar-refractivity contribution in [2.45, 2.75) is 12.1 Å². The van der Waals surface area contributed by atoms with E-state index in [9.17, 15) is 0 Å². The summed E-state index contributed by atoms with van der Waals surface area (Å²) in [6.07, 6.45) is 0. The van der Waals surface area contributed by atoms with E-state index in [1.165, 1.54) is 17.3 Å². The van der Waals surface area contributed by atoms with Crippen LogP contribution in [-0.4, -0.2) is 14.9 Å². The molecule has 2 aromatic carbocycles. The Bertz CT molecular complexity index is 948. The number of aryl methyl sites for hydroxylation is 1. The quantitative estimate of drug-likeness (QED) is 0.668. The van der Waals surface area contributed by atoms with Crippen LogP contribution in [0.15, 0.2) is 53.0 Å². The van der Waals surface area contributed by atoms with Gasteiger partial charge in [-0.15, -0.1) is 10.2 Å². The van der Waals surface area contributed by atoms with E-state index in [-0.39, 0.29) is 0 Å². The molecular weight excluding hydrogens is 363 g/mol. The van der Waals surface area contributed by atoms with Gasteiger partial charge < -0.3 is 0 Å². The normalized spacial score (nSPS) is 13.2. The van der Waals surface area contributed by atoms with E-state index in [0.717, 1.165) is 22.0 Å². The summed E-state index contributed by atoms with van der Waals surface area (Å²) in [5.74, 6) is 0.650. The van der Waals surface area contributed by atoms with Gasteiger partial charge in [0.15, 0.2) is 5.82 Å². The Morgan fingerprint density at radius 1 is 1.04 bits per heavy atom. The second kappa shape index (κ2) is 6.16. The van der Waals surface area contributed by atoms with Crippen molar-refractivity contribution in [3.8, 4) is 11.4 Å². The molecule has 7 heteroatoms. The van der Waals surface area contributed by atoms with Crippen molar-refractivity contribution in [3.63, 3.8) is 0 Å². The van der Waals surface area contributed by atoms with Crippen LogP contribution in [0.1, 0.15) is 11.1 Å². The first-order chi connectivity index (χ1) is 11.6. The van der Waals surface area contributed by atoms with Crippen molar-refractivity contribution in [2.24, 2.45) is 0 Å². The molecule has 2 heterocycles. The first-order valence-electron chi connectivity index (χ1n) is 7.23. The number of rotatable bonds is 2. The summed E-state index contributed by atoms with van der Waals surface area (Å²) in [6.45, 7) is 2.07. The molecule has 0 saturated carbocycles. The highest BCUT2D eigenvalue weighted by molar-refractivity contribution is 8.02. The highest BCUT2D eigenvalue weighted by Crippen LogP contribution is 2.34. The molecule has 0 bridgehead atoms. The van der Waals surface area contributed by atoms with Crippen LogP contribution in [0.2, 0.25) is 10.0 Å². The molecule has 0 saturated heterocycles. The van der Waals surface area contributed by atoms with Gasteiger partial charge in [-0.3, -0.25) is 5.43 Å². The Morgan fingerprint density at radius 2 is 1.83 bits per heavy atom. The van der Waals surface area contributed by atoms with Crippen LogP contribution in [0.4, 0.5) is 0 Å². The molecule has 4 rings (SSSR count). The van der Waals surface area contributed by atoms with Gasteiger partial charge in [0.05, 0.1) is 10.7 Å². The third-order valence-electron chi connectivity index (χ3n) is 3.68. The molecule has 0 atom stereocenters. The zero-order valence-electron chi connectivity index (χ0n) is 12.6. The average molecular weight is 375 g/mol. The van der Waals surface area contributed by atoms with Gasteiger partial charge in [-0.05, 0) is 30.7 Å². The topological polar surface area (TPSA) is 42.7 Å². The van der Waals surface area contributed by atoms with Crippen molar-refractivity contribution in [3.05, 3.63) is 69.0 Å². The first kappa shape index (κ1) is 15.6. The Labute approximate surface area is 153 Å². The van der Waals surface area contributed by atoms with Crippen LogP contribution >= 0.6 is 35.0 Å². The molecule has 1 aliphatic heterocycles. The van der Waals surface area contributed by atoms with E-state index in [4.69, 9.17) is 23.2 Å². The van der Waals surface area contributed by atoms with Crippen LogP contribution < -0.4 is 5.43 Å². The number of nitrogens with zero attached hydrogens (tertiary/aromatic N) is 3. The van der Waals surface area contributed by atoms with E-state index in [2.05, 4.69) is 46.8 Å². The summed E-state index contributed by atoms with van der Waals surface area (Å²) in [5.41, 5.74) is 7.44. The SMILES string of the molecule is Cc1ccc(C2=CSc3nnc(-c4ccc(Cl)cc4Cl)n3N2)cc1. The Morgan fingerprint density at radius 3 is 2.58 bits per heavy atom. The molecule has 0 fully saturated rings. The third kappa shape index (κ3) is 2.79. The van der Waals surface area contributed by atoms with Crippen molar-refractivity contribution in [2.75, 3.05) is 5.43 Å². The van der Waals surface area contributed by atoms with Gasteiger partial charge in [0, 0.05) is 16.0 Å². The molecule has 1 aromatic heterocycles. The average Bonchev–Trinajstić information content (AvgIpc) is 2.98. The Hall–Kier alpha value is -1.95. The molecule has 3 aromatic rings.